The number of hydrogen-bond donors (Lipinski definition) is 1. The molecule has 0 saturated carbocycles. The van der Waals surface area contributed by atoms with Gasteiger partial charge in [0.15, 0.2) is 0 Å². The lowest BCUT2D eigenvalue weighted by atomic mass is 10.2. The molecule has 19 heavy (non-hydrogen) atoms. The zero-order valence-electron chi connectivity index (χ0n) is 12.0. The highest BCUT2D eigenvalue weighted by atomic mass is 16.5. The molecule has 0 unspecified atom stereocenters. The average Bonchev–Trinajstić information content (AvgIpc) is 2.43. The lowest BCUT2D eigenvalue weighted by molar-refractivity contribution is 0.0544. The molecule has 1 aromatic carbocycles. The van der Waals surface area contributed by atoms with Crippen molar-refractivity contribution in [3.05, 3.63) is 29.8 Å². The third kappa shape index (κ3) is 7.82. The van der Waals surface area contributed by atoms with Crippen LogP contribution in [0.4, 0.5) is 0 Å². The second-order valence-corrected chi connectivity index (χ2v) is 4.28. The summed E-state index contributed by atoms with van der Waals surface area (Å²) in [5.41, 5.74) is 1.24. The summed E-state index contributed by atoms with van der Waals surface area (Å²) in [5.74, 6) is 0.895. The number of nitrogens with one attached hydrogen (secondary N) is 1. The Bertz CT molecular complexity index is 331. The molecule has 108 valence electrons. The van der Waals surface area contributed by atoms with Crippen LogP contribution in [0.25, 0.3) is 0 Å². The predicted molar refractivity (Wildman–Crippen MR) is 76.6 cm³/mol. The molecule has 0 spiro atoms. The van der Waals surface area contributed by atoms with Gasteiger partial charge in [-0.3, -0.25) is 0 Å². The van der Waals surface area contributed by atoms with Crippen molar-refractivity contribution in [3.8, 4) is 5.75 Å². The van der Waals surface area contributed by atoms with Crippen molar-refractivity contribution in [3.63, 3.8) is 0 Å². The first-order valence-corrected chi connectivity index (χ1v) is 6.86. The van der Waals surface area contributed by atoms with Crippen LogP contribution in [0.1, 0.15) is 18.9 Å². The van der Waals surface area contributed by atoms with Crippen LogP contribution in [0, 0.1) is 0 Å². The first-order chi connectivity index (χ1) is 9.36. The van der Waals surface area contributed by atoms with E-state index in [2.05, 4.69) is 24.4 Å². The number of methoxy groups -OCH3 is 1. The molecular weight excluding hydrogens is 242 g/mol. The van der Waals surface area contributed by atoms with E-state index in [1.165, 1.54) is 5.56 Å². The molecule has 0 heterocycles. The van der Waals surface area contributed by atoms with E-state index in [1.54, 1.807) is 7.11 Å². The van der Waals surface area contributed by atoms with Crippen molar-refractivity contribution < 1.29 is 14.2 Å². The molecule has 0 atom stereocenters. The third-order valence-corrected chi connectivity index (χ3v) is 2.58. The minimum absolute atomic E-state index is 0.565. The minimum Gasteiger partial charge on any atom is -0.491 e. The van der Waals surface area contributed by atoms with E-state index in [9.17, 15) is 0 Å². The van der Waals surface area contributed by atoms with Crippen LogP contribution in [0.2, 0.25) is 0 Å². The van der Waals surface area contributed by atoms with Crippen LogP contribution in [0.15, 0.2) is 24.3 Å². The van der Waals surface area contributed by atoms with Crippen LogP contribution in [-0.4, -0.2) is 40.1 Å². The maximum Gasteiger partial charge on any atom is 0.119 e. The molecular formula is C15H25NO3. The fourth-order valence-electron chi connectivity index (χ4n) is 1.62. The Labute approximate surface area is 116 Å². The van der Waals surface area contributed by atoms with Crippen molar-refractivity contribution in [1.82, 2.24) is 5.32 Å². The Morgan fingerprint density at radius 1 is 1.11 bits per heavy atom. The molecule has 0 aromatic heterocycles. The van der Waals surface area contributed by atoms with Gasteiger partial charge in [0, 0.05) is 13.7 Å². The summed E-state index contributed by atoms with van der Waals surface area (Å²) in [7, 11) is 1.66. The molecule has 0 radical (unpaired) electrons. The first-order valence-electron chi connectivity index (χ1n) is 6.86. The van der Waals surface area contributed by atoms with E-state index < -0.39 is 0 Å². The lowest BCUT2D eigenvalue weighted by Crippen LogP contribution is -2.14. The van der Waals surface area contributed by atoms with Crippen molar-refractivity contribution in [2.24, 2.45) is 0 Å². The number of rotatable bonds is 11. The third-order valence-electron chi connectivity index (χ3n) is 2.58. The fraction of sp³-hybridized carbons (Fsp3) is 0.600. The Morgan fingerprint density at radius 3 is 2.74 bits per heavy atom. The summed E-state index contributed by atoms with van der Waals surface area (Å²) in [6, 6.07) is 8.16. The number of ether oxygens (including phenoxy) is 3. The molecule has 0 aliphatic carbocycles. The molecule has 0 bridgehead atoms. The molecule has 4 heteroatoms. The molecule has 4 nitrogen and oxygen atoms in total. The van der Waals surface area contributed by atoms with Gasteiger partial charge in [-0.25, -0.2) is 0 Å². The number of benzene rings is 1. The molecule has 1 rings (SSSR count). The second-order valence-electron chi connectivity index (χ2n) is 4.28. The monoisotopic (exact) mass is 267 g/mol. The van der Waals surface area contributed by atoms with E-state index in [1.807, 2.05) is 12.1 Å². The molecule has 0 amide bonds. The van der Waals surface area contributed by atoms with E-state index in [0.29, 0.717) is 26.4 Å². The van der Waals surface area contributed by atoms with Gasteiger partial charge in [0.25, 0.3) is 0 Å². The summed E-state index contributed by atoms with van der Waals surface area (Å²) in [6.07, 6.45) is 1.15. The summed E-state index contributed by atoms with van der Waals surface area (Å²) in [4.78, 5) is 0. The Hall–Kier alpha value is -1.10. The topological polar surface area (TPSA) is 39.7 Å². The lowest BCUT2D eigenvalue weighted by Gasteiger charge is -2.09. The smallest absolute Gasteiger partial charge is 0.119 e. The van der Waals surface area contributed by atoms with Gasteiger partial charge < -0.3 is 19.5 Å². The summed E-state index contributed by atoms with van der Waals surface area (Å²) in [5, 5.41) is 3.37. The zero-order valence-corrected chi connectivity index (χ0v) is 12.0. The SMILES string of the molecule is CCCNCc1cccc(OCCOCCOC)c1. The van der Waals surface area contributed by atoms with E-state index in [-0.39, 0.29) is 0 Å². The van der Waals surface area contributed by atoms with Crippen molar-refractivity contribution in [2.75, 3.05) is 40.1 Å². The molecule has 0 aliphatic rings. The van der Waals surface area contributed by atoms with Gasteiger partial charge in [0.1, 0.15) is 12.4 Å². The van der Waals surface area contributed by atoms with Gasteiger partial charge in [0.05, 0.1) is 19.8 Å². The zero-order chi connectivity index (χ0) is 13.8. The van der Waals surface area contributed by atoms with Crippen LogP contribution >= 0.6 is 0 Å². The molecule has 0 aliphatic heterocycles. The largest absolute Gasteiger partial charge is 0.491 e. The van der Waals surface area contributed by atoms with E-state index in [4.69, 9.17) is 14.2 Å². The van der Waals surface area contributed by atoms with Crippen molar-refractivity contribution in [2.45, 2.75) is 19.9 Å². The second kappa shape index (κ2) is 10.8. The average molecular weight is 267 g/mol. The van der Waals surface area contributed by atoms with Gasteiger partial charge in [-0.2, -0.15) is 0 Å². The quantitative estimate of drug-likeness (QED) is 0.624. The Kier molecular flexibility index (Phi) is 9.06. The predicted octanol–water partition coefficient (Wildman–Crippen LogP) is 2.23. The Balaban J connectivity index is 2.20. The van der Waals surface area contributed by atoms with Crippen LogP contribution < -0.4 is 10.1 Å². The van der Waals surface area contributed by atoms with Crippen LogP contribution in [-0.2, 0) is 16.0 Å². The maximum absolute atomic E-state index is 5.64. The van der Waals surface area contributed by atoms with Gasteiger partial charge in [0.2, 0.25) is 0 Å². The van der Waals surface area contributed by atoms with Gasteiger partial charge >= 0.3 is 0 Å². The van der Waals surface area contributed by atoms with E-state index in [0.717, 1.165) is 25.3 Å². The molecule has 0 saturated heterocycles. The van der Waals surface area contributed by atoms with Crippen LogP contribution in [0.3, 0.4) is 0 Å². The van der Waals surface area contributed by atoms with Gasteiger partial charge in [-0.05, 0) is 30.7 Å². The molecule has 1 aromatic rings. The summed E-state index contributed by atoms with van der Waals surface area (Å²) < 4.78 is 15.9. The normalized spacial score (nSPS) is 10.6. The molecule has 1 N–H and O–H groups in total. The van der Waals surface area contributed by atoms with Crippen LogP contribution in [0.5, 0.6) is 5.75 Å². The maximum atomic E-state index is 5.64. The van der Waals surface area contributed by atoms with Crippen molar-refractivity contribution in [1.29, 1.82) is 0 Å². The molecule has 0 fully saturated rings. The standard InChI is InChI=1S/C15H25NO3/c1-3-7-16-13-14-5-4-6-15(12-14)19-11-10-18-9-8-17-2/h4-6,12,16H,3,7-11,13H2,1-2H3. The van der Waals surface area contributed by atoms with Gasteiger partial charge in [-0.1, -0.05) is 19.1 Å². The summed E-state index contributed by atoms with van der Waals surface area (Å²) >= 11 is 0. The highest BCUT2D eigenvalue weighted by Gasteiger charge is 1.97. The first kappa shape index (κ1) is 16.0. The minimum atomic E-state index is 0.565. The Morgan fingerprint density at radius 2 is 1.95 bits per heavy atom. The van der Waals surface area contributed by atoms with Crippen molar-refractivity contribution >= 4 is 0 Å². The van der Waals surface area contributed by atoms with E-state index >= 15 is 0 Å². The summed E-state index contributed by atoms with van der Waals surface area (Å²) in [6.45, 7) is 6.47. The number of hydrogen-bond acceptors (Lipinski definition) is 4. The fourth-order valence-corrected chi connectivity index (χ4v) is 1.62. The highest BCUT2D eigenvalue weighted by molar-refractivity contribution is 5.28. The highest BCUT2D eigenvalue weighted by Crippen LogP contribution is 2.13. The van der Waals surface area contributed by atoms with Gasteiger partial charge in [-0.15, -0.1) is 0 Å².